The second-order valence-corrected chi connectivity index (χ2v) is 27.3. The van der Waals surface area contributed by atoms with Crippen molar-refractivity contribution >= 4 is 76.6 Å². The van der Waals surface area contributed by atoms with Crippen LogP contribution in [0.4, 0.5) is 0 Å². The molecule has 21 N–H and O–H groups in total. The number of fused-ring (bicyclic) bond motifs is 12. The summed E-state index contributed by atoms with van der Waals surface area (Å²) in [7, 11) is 1.47. The first-order valence-corrected chi connectivity index (χ1v) is 33.2. The highest BCUT2D eigenvalue weighted by atomic mass is 35.5. The molecule has 0 aromatic heterocycles. The van der Waals surface area contributed by atoms with Gasteiger partial charge in [-0.25, -0.2) is 4.79 Å². The van der Waals surface area contributed by atoms with Crippen LogP contribution in [0.1, 0.15) is 112 Å². The molecule has 11 bridgehead atoms. The van der Waals surface area contributed by atoms with Crippen LogP contribution in [0.2, 0.25) is 10.0 Å². The summed E-state index contributed by atoms with van der Waals surface area (Å²) in [4.78, 5) is 118. The minimum atomic E-state index is -3.08. The van der Waals surface area contributed by atoms with Gasteiger partial charge in [0.25, 0.3) is 0 Å². The van der Waals surface area contributed by atoms with Crippen molar-refractivity contribution < 1.29 is 118 Å². The van der Waals surface area contributed by atoms with Gasteiger partial charge in [-0.05, 0) is 128 Å². The number of aromatic hydroxyl groups is 1. The summed E-state index contributed by atoms with van der Waals surface area (Å²) in [6, 6.07) is -3.48. The number of carbonyl (C=O) groups excluding carboxylic acids is 7. The summed E-state index contributed by atoms with van der Waals surface area (Å²) < 4.78 is 38.4. The van der Waals surface area contributed by atoms with Gasteiger partial charge >= 0.3 is 5.97 Å². The zero-order chi connectivity index (χ0) is 75.2. The lowest BCUT2D eigenvalue weighted by molar-refractivity contribution is -0.333. The van der Waals surface area contributed by atoms with Crippen molar-refractivity contribution in [2.45, 2.75) is 169 Å². The number of ether oxygens (including phenoxy) is 6. The zero-order valence-corrected chi connectivity index (χ0v) is 57.4. The van der Waals surface area contributed by atoms with Crippen LogP contribution in [0.5, 0.6) is 34.5 Å². The number of benzene rings is 4. The SMILES string of the molecule is CN[C@H](CC(C)C)C(=O)N[C@H]1C(=O)N[C@@H](CC(N)=O)C(=O)N[C@H]2C(=O)N[C@H]3C(=O)N[C@H](C(=O)N[C@H](C(=O)O)c4cc(O)cc5c4/C=C/C3=C\C=C(/C)C5(O)O)[C@H](O)c3ccc(c(Cl)c3)Oc3cc2cc(c3OC2O[C@H](CO)[C@@H](O)[C@H](O)C2OC2C[C@](C)(N)[C@H](O)[C@H](C)O2)Oc2ccc(cc2Cl)[C@H]1O. The Labute approximate surface area is 597 Å². The number of likely N-dealkylation sites (N-methyl/N-ethyl adjacent to an activating group) is 1. The number of carbonyl (C=O) groups is 8. The first-order chi connectivity index (χ1) is 48.5. The van der Waals surface area contributed by atoms with E-state index < -0.39 is 226 Å². The van der Waals surface area contributed by atoms with Crippen LogP contribution in [-0.2, 0) is 58.4 Å². The highest BCUT2D eigenvalue weighted by Gasteiger charge is 2.52. The Bertz CT molecular complexity index is 4120. The van der Waals surface area contributed by atoms with Gasteiger partial charge in [-0.2, -0.15) is 0 Å². The van der Waals surface area contributed by atoms with Gasteiger partial charge < -0.3 is 128 Å². The number of carboxylic acids is 1. The van der Waals surface area contributed by atoms with E-state index in [0.717, 1.165) is 72.8 Å². The van der Waals surface area contributed by atoms with E-state index in [0.29, 0.717) is 0 Å². The fraction of sp³-hybridized carbons (Fsp3) is 0.441. The number of amides is 7. The fourth-order valence-corrected chi connectivity index (χ4v) is 13.2. The molecule has 0 radical (unpaired) electrons. The molecule has 18 atom stereocenters. The summed E-state index contributed by atoms with van der Waals surface area (Å²) in [6.45, 7) is 6.87. The van der Waals surface area contributed by atoms with Gasteiger partial charge in [-0.3, -0.25) is 33.6 Å². The standard InChI is InChI=1S/C68H79Cl2N9O24/c1-25(2)15-38(73-6)59(88)78-50-52(83)29-10-13-40(36(69)16-29)99-42-18-31-19-43(56(42)103-66-57(55(86)54(85)44(24-80)101-66)102-46-23-67(5,72)58(87)27(4)98-46)100-41-14-11-30(17-37(41)70)53(84)51-64(93)77-49(65(94)95)34-20-32(81)21-35-33(34)12-9-28(8-7-26(3)68(35,96)97)47(61(90)79-51)76-62(91)48(31)75-60(89)39(22-45(71)82)74-63(50)92/h7-14,16-21,25,27,38-39,44,46-55,57-58,66,73,80-81,83-87,96-97H,15,22-24,72H2,1-6H3,(H2,71,82)(H,74,92)(H,75,89)(H,76,91)(H,77,93)(H,78,88)(H,79,90)(H,94,95)/b12-9+,26-7+,28-8+/t27-,38+,39-,44+,46?,47+,48+,49-,50+,51-,52+,53+,54+,55-,57?,58+,66?,67-/m0/s1. The molecule has 2 fully saturated rings. The quantitative estimate of drug-likeness (QED) is 0.0743. The van der Waals surface area contributed by atoms with Gasteiger partial charge in [0.1, 0.15) is 78.0 Å². The number of carboxylic acid groups (broad SMARTS) is 1. The normalized spacial score (nSPS) is 31.7. The highest BCUT2D eigenvalue weighted by molar-refractivity contribution is 6.32. The van der Waals surface area contributed by atoms with Crippen molar-refractivity contribution in [1.29, 1.82) is 0 Å². The van der Waals surface area contributed by atoms with Gasteiger partial charge in [0.05, 0.1) is 41.3 Å². The number of nitrogens with one attached hydrogen (secondary N) is 7. The third-order valence-corrected chi connectivity index (χ3v) is 19.0. The van der Waals surface area contributed by atoms with E-state index in [-0.39, 0.29) is 57.4 Å². The Balaban J connectivity index is 1.25. The molecule has 103 heavy (non-hydrogen) atoms. The molecular formula is C68H79Cl2N9O24. The zero-order valence-electron chi connectivity index (χ0n) is 55.9. The van der Waals surface area contributed by atoms with Gasteiger partial charge in [-0.15, -0.1) is 0 Å². The van der Waals surface area contributed by atoms with E-state index in [1.165, 1.54) is 40.0 Å². The molecule has 12 rings (SSSR count). The van der Waals surface area contributed by atoms with E-state index in [1.807, 2.05) is 13.8 Å². The number of phenols is 1. The molecule has 7 aliphatic heterocycles. The van der Waals surface area contributed by atoms with Crippen molar-refractivity contribution in [1.82, 2.24) is 37.2 Å². The number of phenolic OH excluding ortho intramolecular Hbond substituents is 1. The maximum atomic E-state index is 16.1. The molecule has 1 aliphatic carbocycles. The average molecular weight is 1480 g/mol. The van der Waals surface area contributed by atoms with E-state index in [9.17, 15) is 75.0 Å². The van der Waals surface area contributed by atoms with Crippen LogP contribution in [0, 0.1) is 5.92 Å². The number of aliphatic carboxylic acids is 1. The number of aliphatic hydroxyl groups excluding tert-OH is 6. The summed E-state index contributed by atoms with van der Waals surface area (Å²) in [5.74, 6) is -17.4. The molecule has 8 aliphatic rings. The first-order valence-electron chi connectivity index (χ1n) is 32.5. The highest BCUT2D eigenvalue weighted by Crippen LogP contribution is 2.49. The number of nitrogens with two attached hydrogens (primary N) is 2. The van der Waals surface area contributed by atoms with Crippen LogP contribution in [0.25, 0.3) is 6.08 Å². The lowest BCUT2D eigenvalue weighted by atomic mass is 9.86. The van der Waals surface area contributed by atoms with Gasteiger partial charge in [0, 0.05) is 17.5 Å². The van der Waals surface area contributed by atoms with Crippen LogP contribution in [-0.4, -0.2) is 197 Å². The third kappa shape index (κ3) is 16.3. The van der Waals surface area contributed by atoms with Crippen molar-refractivity contribution in [3.63, 3.8) is 0 Å². The Kier molecular flexibility index (Phi) is 23.0. The number of hydrogen-bond acceptors (Lipinski definition) is 25. The predicted molar refractivity (Wildman–Crippen MR) is 359 cm³/mol. The number of allylic oxidation sites excluding steroid dienone is 2. The first kappa shape index (κ1) is 76.8. The third-order valence-electron chi connectivity index (χ3n) is 18.4. The molecule has 2 saturated heterocycles. The number of halogens is 2. The molecule has 33 nitrogen and oxygen atoms in total. The number of primary amides is 1. The lowest BCUT2D eigenvalue weighted by Gasteiger charge is -2.47. The van der Waals surface area contributed by atoms with Crippen molar-refractivity contribution in [2.24, 2.45) is 17.4 Å². The van der Waals surface area contributed by atoms with Crippen LogP contribution in [0.3, 0.4) is 0 Å². The monoisotopic (exact) mass is 1480 g/mol. The number of rotatable bonds is 13. The molecule has 4 aromatic carbocycles. The van der Waals surface area contributed by atoms with Crippen LogP contribution < -0.4 is 62.9 Å². The maximum Gasteiger partial charge on any atom is 0.330 e. The van der Waals surface area contributed by atoms with Gasteiger partial charge in [0.2, 0.25) is 59.2 Å². The Morgan fingerprint density at radius 2 is 1.38 bits per heavy atom. The van der Waals surface area contributed by atoms with Crippen LogP contribution >= 0.6 is 23.2 Å². The van der Waals surface area contributed by atoms with Gasteiger partial charge in [-0.1, -0.05) is 73.5 Å². The largest absolute Gasteiger partial charge is 0.508 e. The van der Waals surface area contributed by atoms with E-state index >= 15 is 14.4 Å². The Morgan fingerprint density at radius 1 is 0.757 bits per heavy atom. The number of aliphatic hydroxyl groups is 8. The molecule has 0 saturated carbocycles. The molecular weight excluding hydrogens is 1400 g/mol. The Morgan fingerprint density at radius 3 is 1.96 bits per heavy atom. The average Bonchev–Trinajstić information content (AvgIpc) is 1.67. The lowest BCUT2D eigenvalue weighted by Crippen LogP contribution is -2.64. The molecule has 554 valence electrons. The summed E-state index contributed by atoms with van der Waals surface area (Å²) >= 11 is 14.1. The summed E-state index contributed by atoms with van der Waals surface area (Å²) in [5, 5.41) is 132. The molecule has 7 amide bonds. The van der Waals surface area contributed by atoms with Crippen molar-refractivity contribution in [2.75, 3.05) is 13.7 Å². The molecule has 35 heteroatoms. The van der Waals surface area contributed by atoms with Crippen molar-refractivity contribution in [3.8, 4) is 34.5 Å². The fourth-order valence-electron chi connectivity index (χ4n) is 12.8. The molecule has 0 spiro atoms. The van der Waals surface area contributed by atoms with E-state index in [1.54, 1.807) is 0 Å². The summed E-state index contributed by atoms with van der Waals surface area (Å²) in [5.41, 5.74) is 7.87. The van der Waals surface area contributed by atoms with Gasteiger partial charge in [0.15, 0.2) is 29.9 Å². The minimum Gasteiger partial charge on any atom is -0.508 e. The smallest absolute Gasteiger partial charge is 0.330 e. The maximum absolute atomic E-state index is 16.1. The minimum absolute atomic E-state index is 0.0989. The second kappa shape index (κ2) is 30.8. The summed E-state index contributed by atoms with van der Waals surface area (Å²) in [6.07, 6.45) is -14.2. The van der Waals surface area contributed by atoms with E-state index in [4.69, 9.17) is 63.1 Å². The second-order valence-electron chi connectivity index (χ2n) is 26.5. The Hall–Kier alpha value is -8.88. The van der Waals surface area contributed by atoms with E-state index in [2.05, 4.69) is 37.2 Å². The number of hydrogen-bond donors (Lipinski definition) is 19. The molecule has 7 heterocycles. The predicted octanol–water partition coefficient (Wildman–Crippen LogP) is -0.608. The molecule has 4 aromatic rings. The topological polar surface area (TPSA) is 530 Å². The van der Waals surface area contributed by atoms with Crippen LogP contribution in [0.15, 0.2) is 90.0 Å². The molecule has 3 unspecified atom stereocenters. The van der Waals surface area contributed by atoms with Crippen molar-refractivity contribution in [3.05, 3.63) is 133 Å².